The van der Waals surface area contributed by atoms with Crippen molar-refractivity contribution >= 4 is 21.8 Å². The van der Waals surface area contributed by atoms with Gasteiger partial charge < -0.3 is 4.90 Å². The van der Waals surface area contributed by atoms with Crippen molar-refractivity contribution in [3.05, 3.63) is 34.9 Å². The van der Waals surface area contributed by atoms with Gasteiger partial charge in [-0.15, -0.1) is 0 Å². The molecule has 0 amide bonds. The summed E-state index contributed by atoms with van der Waals surface area (Å²) in [5.41, 5.74) is 1.18. The van der Waals surface area contributed by atoms with E-state index in [0.717, 1.165) is 37.5 Å². The third kappa shape index (κ3) is 5.72. The number of rotatable bonds is 7. The fraction of sp³-hybridized carbons (Fsp3) is 0.625. The Morgan fingerprint density at radius 3 is 2.43 bits per heavy atom. The molecule has 0 radical (unpaired) electrons. The van der Waals surface area contributed by atoms with E-state index < -0.39 is 10.2 Å². The van der Waals surface area contributed by atoms with Crippen molar-refractivity contribution in [2.45, 2.75) is 32.7 Å². The lowest BCUT2D eigenvalue weighted by Gasteiger charge is -2.34. The van der Waals surface area contributed by atoms with Crippen molar-refractivity contribution < 1.29 is 8.42 Å². The van der Waals surface area contributed by atoms with Crippen molar-refractivity contribution in [1.29, 1.82) is 0 Å². The first-order valence-electron chi connectivity index (χ1n) is 8.11. The highest BCUT2D eigenvalue weighted by atomic mass is 35.5. The lowest BCUT2D eigenvalue weighted by Crippen LogP contribution is -2.53. The maximum absolute atomic E-state index is 12.1. The minimum Gasteiger partial charge on any atom is -0.301 e. The minimum atomic E-state index is -3.34. The summed E-state index contributed by atoms with van der Waals surface area (Å²) >= 11 is 6.16. The number of nitrogens with one attached hydrogen (secondary N) is 1. The number of hydrogen-bond acceptors (Lipinski definition) is 3. The molecule has 0 aromatic heterocycles. The molecule has 1 N–H and O–H groups in total. The Hall–Kier alpha value is -0.660. The van der Waals surface area contributed by atoms with Gasteiger partial charge in [-0.3, -0.25) is 0 Å². The van der Waals surface area contributed by atoms with Crippen molar-refractivity contribution in [3.63, 3.8) is 0 Å². The molecule has 0 bridgehead atoms. The summed E-state index contributed by atoms with van der Waals surface area (Å²) in [6.07, 6.45) is 1.98. The molecule has 0 saturated carbocycles. The van der Waals surface area contributed by atoms with Crippen LogP contribution in [-0.2, 0) is 16.6 Å². The van der Waals surface area contributed by atoms with Gasteiger partial charge in [0.25, 0.3) is 10.2 Å². The maximum atomic E-state index is 12.1. The second kappa shape index (κ2) is 8.44. The van der Waals surface area contributed by atoms with E-state index in [1.165, 1.54) is 9.87 Å². The summed E-state index contributed by atoms with van der Waals surface area (Å²) in [5, 5.41) is 0.822. The van der Waals surface area contributed by atoms with Gasteiger partial charge in [-0.05, 0) is 44.9 Å². The lowest BCUT2D eigenvalue weighted by molar-refractivity contribution is 0.185. The molecule has 7 heteroatoms. The summed E-state index contributed by atoms with van der Waals surface area (Å²) in [6, 6.07) is 7.85. The number of aryl methyl sites for hydroxylation is 1. The third-order valence-electron chi connectivity index (χ3n) is 3.93. The number of benzene rings is 1. The van der Waals surface area contributed by atoms with Crippen molar-refractivity contribution in [2.24, 2.45) is 0 Å². The first-order valence-corrected chi connectivity index (χ1v) is 9.93. The van der Waals surface area contributed by atoms with Gasteiger partial charge in [-0.25, -0.2) is 0 Å². The van der Waals surface area contributed by atoms with E-state index in [0.29, 0.717) is 13.1 Å². The van der Waals surface area contributed by atoms with Crippen LogP contribution in [0.15, 0.2) is 24.3 Å². The highest BCUT2D eigenvalue weighted by molar-refractivity contribution is 7.87. The Morgan fingerprint density at radius 2 is 1.83 bits per heavy atom. The van der Waals surface area contributed by atoms with Gasteiger partial charge in [0.05, 0.1) is 0 Å². The van der Waals surface area contributed by atoms with Crippen LogP contribution in [0.5, 0.6) is 0 Å². The third-order valence-corrected chi connectivity index (χ3v) is 6.12. The molecular weight excluding hydrogens is 334 g/mol. The van der Waals surface area contributed by atoms with Crippen LogP contribution in [0.25, 0.3) is 0 Å². The van der Waals surface area contributed by atoms with E-state index in [1.807, 2.05) is 32.0 Å². The van der Waals surface area contributed by atoms with E-state index in [1.54, 1.807) is 0 Å². The summed E-state index contributed by atoms with van der Waals surface area (Å²) in [5.74, 6) is 0. The van der Waals surface area contributed by atoms with Crippen molar-refractivity contribution in [2.75, 3.05) is 32.7 Å². The van der Waals surface area contributed by atoms with Crippen LogP contribution >= 0.6 is 11.6 Å². The molecule has 1 aliphatic heterocycles. The van der Waals surface area contributed by atoms with Gasteiger partial charge in [0.1, 0.15) is 0 Å². The zero-order valence-corrected chi connectivity index (χ0v) is 15.4. The molecule has 1 saturated heterocycles. The average molecular weight is 360 g/mol. The molecule has 1 aliphatic rings. The predicted molar refractivity (Wildman–Crippen MR) is 95.0 cm³/mol. The Morgan fingerprint density at radius 1 is 1.17 bits per heavy atom. The molecule has 23 heavy (non-hydrogen) atoms. The minimum absolute atomic E-state index is 0.0753. The molecule has 0 aliphatic carbocycles. The average Bonchev–Trinajstić information content (AvgIpc) is 2.48. The highest BCUT2D eigenvalue weighted by Crippen LogP contribution is 2.17. The molecule has 130 valence electrons. The standard InChI is InChI=1S/C16H26ClN3O2S/c1-14(2)18-23(21,22)20-12-10-19(11-13-20)9-5-7-15-6-3-4-8-16(15)17/h3-4,6,8,14,18H,5,7,9-13H2,1-2H3. The largest absolute Gasteiger partial charge is 0.301 e. The molecule has 1 aromatic carbocycles. The van der Waals surface area contributed by atoms with Gasteiger partial charge in [0, 0.05) is 37.2 Å². The summed E-state index contributed by atoms with van der Waals surface area (Å²) in [4.78, 5) is 2.32. The van der Waals surface area contributed by atoms with E-state index in [2.05, 4.69) is 15.7 Å². The van der Waals surface area contributed by atoms with E-state index >= 15 is 0 Å². The van der Waals surface area contributed by atoms with Crippen LogP contribution in [0.2, 0.25) is 5.02 Å². The molecule has 0 atom stereocenters. The highest BCUT2D eigenvalue weighted by Gasteiger charge is 2.26. The molecule has 0 spiro atoms. The smallest absolute Gasteiger partial charge is 0.279 e. The summed E-state index contributed by atoms with van der Waals surface area (Å²) < 4.78 is 28.4. The van der Waals surface area contributed by atoms with Crippen LogP contribution in [0.4, 0.5) is 0 Å². The lowest BCUT2D eigenvalue weighted by atomic mass is 10.1. The maximum Gasteiger partial charge on any atom is 0.279 e. The Bertz CT molecular complexity index is 599. The zero-order valence-electron chi connectivity index (χ0n) is 13.8. The van der Waals surface area contributed by atoms with Crippen LogP contribution < -0.4 is 4.72 Å². The summed E-state index contributed by atoms with van der Waals surface area (Å²) in [7, 11) is -3.34. The second-order valence-electron chi connectivity index (χ2n) is 6.21. The fourth-order valence-corrected chi connectivity index (χ4v) is 4.38. The molecular formula is C16H26ClN3O2S. The Balaban J connectivity index is 1.74. The molecule has 1 heterocycles. The van der Waals surface area contributed by atoms with E-state index in [-0.39, 0.29) is 6.04 Å². The molecule has 1 fully saturated rings. The monoisotopic (exact) mass is 359 g/mol. The van der Waals surface area contributed by atoms with Gasteiger partial charge in [0.15, 0.2) is 0 Å². The fourth-order valence-electron chi connectivity index (χ4n) is 2.76. The second-order valence-corrected chi connectivity index (χ2v) is 8.32. The molecule has 2 rings (SSSR count). The number of nitrogens with zero attached hydrogens (tertiary/aromatic N) is 2. The Kier molecular flexibility index (Phi) is 6.85. The Labute approximate surface area is 144 Å². The number of piperazine rings is 1. The first-order chi connectivity index (χ1) is 10.9. The van der Waals surface area contributed by atoms with Crippen molar-refractivity contribution in [3.8, 4) is 0 Å². The van der Waals surface area contributed by atoms with Gasteiger partial charge in [-0.1, -0.05) is 29.8 Å². The normalized spacial score (nSPS) is 17.7. The topological polar surface area (TPSA) is 52.7 Å². The van der Waals surface area contributed by atoms with Gasteiger partial charge in [-0.2, -0.15) is 17.4 Å². The van der Waals surface area contributed by atoms with Crippen LogP contribution in [0.3, 0.4) is 0 Å². The number of hydrogen-bond donors (Lipinski definition) is 1. The van der Waals surface area contributed by atoms with Crippen LogP contribution in [0.1, 0.15) is 25.8 Å². The van der Waals surface area contributed by atoms with Gasteiger partial charge in [0.2, 0.25) is 0 Å². The van der Waals surface area contributed by atoms with Crippen LogP contribution in [0, 0.1) is 0 Å². The molecule has 5 nitrogen and oxygen atoms in total. The number of halogens is 1. The van der Waals surface area contributed by atoms with Crippen molar-refractivity contribution in [1.82, 2.24) is 13.9 Å². The molecule has 1 aromatic rings. The zero-order chi connectivity index (χ0) is 16.9. The predicted octanol–water partition coefficient (Wildman–Crippen LogP) is 2.13. The van der Waals surface area contributed by atoms with E-state index in [9.17, 15) is 8.42 Å². The quantitative estimate of drug-likeness (QED) is 0.811. The first kappa shape index (κ1) is 18.7. The SMILES string of the molecule is CC(C)NS(=O)(=O)N1CCN(CCCc2ccccc2Cl)CC1. The summed E-state index contributed by atoms with van der Waals surface area (Å²) in [6.45, 7) is 7.30. The van der Waals surface area contributed by atoms with Gasteiger partial charge >= 0.3 is 0 Å². The molecule has 0 unspecified atom stereocenters. The van der Waals surface area contributed by atoms with E-state index in [4.69, 9.17) is 11.6 Å². The van der Waals surface area contributed by atoms with Crippen LogP contribution in [-0.4, -0.2) is 56.4 Å².